The number of pyridine rings is 1. The highest BCUT2D eigenvalue weighted by atomic mass is 79.9. The Labute approximate surface area is 163 Å². The van der Waals surface area contributed by atoms with Crippen LogP contribution in [0.2, 0.25) is 0 Å². The molecule has 0 saturated heterocycles. The van der Waals surface area contributed by atoms with Crippen LogP contribution in [0.5, 0.6) is 0 Å². The number of rotatable bonds is 5. The molecule has 2 aromatic carbocycles. The van der Waals surface area contributed by atoms with Crippen molar-refractivity contribution in [2.45, 2.75) is 31.6 Å². The van der Waals surface area contributed by atoms with Gasteiger partial charge in [0.25, 0.3) is 5.91 Å². The Kier molecular flexibility index (Phi) is 5.72. The first-order valence-electron chi connectivity index (χ1n) is 8.88. The summed E-state index contributed by atoms with van der Waals surface area (Å²) in [4.78, 5) is 19.7. The number of amides is 1. The number of nitrogens with zero attached hydrogens (tertiary/aromatic N) is 2. The number of fused-ring (bicyclic) bond motifs is 1. The Hall–Kier alpha value is -2.20. The van der Waals surface area contributed by atoms with Crippen LogP contribution < -0.4 is 0 Å². The predicted octanol–water partition coefficient (Wildman–Crippen LogP) is 5.67. The number of hydrogen-bond acceptors (Lipinski definition) is 2. The smallest absolute Gasteiger partial charge is 0.272 e. The van der Waals surface area contributed by atoms with Crippen molar-refractivity contribution < 1.29 is 4.79 Å². The molecule has 3 rings (SSSR count). The average Bonchev–Trinajstić information content (AvgIpc) is 2.71. The van der Waals surface area contributed by atoms with E-state index in [1.54, 1.807) is 4.90 Å². The van der Waals surface area contributed by atoms with Gasteiger partial charge in [-0.05, 0) is 30.5 Å². The maximum absolute atomic E-state index is 13.2. The molecule has 1 aromatic heterocycles. The molecular formula is C22H23BrN2O. The molecule has 134 valence electrons. The lowest BCUT2D eigenvalue weighted by Crippen LogP contribution is -2.35. The summed E-state index contributed by atoms with van der Waals surface area (Å²) in [7, 11) is 1.85. The monoisotopic (exact) mass is 410 g/mol. The molecule has 1 atom stereocenters. The Morgan fingerprint density at radius 1 is 1.12 bits per heavy atom. The van der Waals surface area contributed by atoms with Gasteiger partial charge in [0.1, 0.15) is 5.69 Å². The lowest BCUT2D eigenvalue weighted by Gasteiger charge is -2.25. The fraction of sp³-hybridized carbons (Fsp3) is 0.273. The van der Waals surface area contributed by atoms with Gasteiger partial charge in [-0.15, -0.1) is 0 Å². The third-order valence-corrected chi connectivity index (χ3v) is 5.52. The fourth-order valence-corrected chi connectivity index (χ4v) is 3.68. The minimum Gasteiger partial charge on any atom is -0.338 e. The minimum absolute atomic E-state index is 0.0308. The zero-order chi connectivity index (χ0) is 18.7. The Morgan fingerprint density at radius 3 is 2.42 bits per heavy atom. The van der Waals surface area contributed by atoms with E-state index in [9.17, 15) is 4.79 Å². The zero-order valence-electron chi connectivity index (χ0n) is 15.4. The molecule has 3 aromatic rings. The van der Waals surface area contributed by atoms with Crippen LogP contribution in [0.15, 0.2) is 54.6 Å². The summed E-state index contributed by atoms with van der Waals surface area (Å²) in [5.41, 5.74) is 4.49. The van der Waals surface area contributed by atoms with E-state index in [0.717, 1.165) is 34.0 Å². The maximum Gasteiger partial charge on any atom is 0.272 e. The summed E-state index contributed by atoms with van der Waals surface area (Å²) in [5, 5.41) is 1.64. The van der Waals surface area contributed by atoms with E-state index in [2.05, 4.69) is 48.0 Å². The highest BCUT2D eigenvalue weighted by molar-refractivity contribution is 9.08. The largest absolute Gasteiger partial charge is 0.338 e. The average molecular weight is 411 g/mol. The van der Waals surface area contributed by atoms with Crippen LogP contribution >= 0.6 is 15.9 Å². The van der Waals surface area contributed by atoms with Gasteiger partial charge in [0.2, 0.25) is 0 Å². The first kappa shape index (κ1) is 18.6. The Balaban J connectivity index is 2.30. The summed E-state index contributed by atoms with van der Waals surface area (Å²) in [6.07, 6.45) is 0.908. The third-order valence-electron chi connectivity index (χ3n) is 4.96. The van der Waals surface area contributed by atoms with Crippen LogP contribution in [0.25, 0.3) is 22.0 Å². The van der Waals surface area contributed by atoms with Crippen LogP contribution in [-0.2, 0) is 5.33 Å². The van der Waals surface area contributed by atoms with Crippen molar-refractivity contribution in [3.05, 3.63) is 65.9 Å². The van der Waals surface area contributed by atoms with E-state index in [0.29, 0.717) is 11.0 Å². The maximum atomic E-state index is 13.2. The number of carbonyl (C=O) groups excluding carboxylic acids is 1. The van der Waals surface area contributed by atoms with Gasteiger partial charge < -0.3 is 4.90 Å². The van der Waals surface area contributed by atoms with Crippen LogP contribution in [0.3, 0.4) is 0 Å². The molecule has 0 radical (unpaired) electrons. The lowest BCUT2D eigenvalue weighted by atomic mass is 9.94. The van der Waals surface area contributed by atoms with Crippen molar-refractivity contribution in [3.8, 4) is 11.1 Å². The van der Waals surface area contributed by atoms with E-state index >= 15 is 0 Å². The molecular weight excluding hydrogens is 388 g/mol. The normalized spacial score (nSPS) is 12.2. The second-order valence-corrected chi connectivity index (χ2v) is 7.06. The summed E-state index contributed by atoms with van der Waals surface area (Å²) in [6.45, 7) is 4.15. The number of halogens is 1. The molecule has 0 spiro atoms. The highest BCUT2D eigenvalue weighted by Crippen LogP contribution is 2.34. The Bertz CT molecular complexity index is 924. The lowest BCUT2D eigenvalue weighted by molar-refractivity contribution is 0.0734. The van der Waals surface area contributed by atoms with Gasteiger partial charge in [0, 0.05) is 29.4 Å². The molecule has 0 aliphatic carbocycles. The van der Waals surface area contributed by atoms with Crippen LogP contribution in [-0.4, -0.2) is 28.9 Å². The predicted molar refractivity (Wildman–Crippen MR) is 112 cm³/mol. The number of benzene rings is 2. The first-order valence-corrected chi connectivity index (χ1v) is 10.0. The number of hydrogen-bond donors (Lipinski definition) is 0. The summed E-state index contributed by atoms with van der Waals surface area (Å²) < 4.78 is 0. The van der Waals surface area contributed by atoms with Crippen molar-refractivity contribution in [2.75, 3.05) is 7.05 Å². The Morgan fingerprint density at radius 2 is 1.77 bits per heavy atom. The third kappa shape index (κ3) is 3.38. The second kappa shape index (κ2) is 8.00. The molecule has 0 unspecified atom stereocenters. The molecule has 4 heteroatoms. The van der Waals surface area contributed by atoms with Crippen LogP contribution in [0.1, 0.15) is 36.3 Å². The second-order valence-electron chi connectivity index (χ2n) is 6.50. The molecule has 0 bridgehead atoms. The SMILES string of the molecule is CC[C@@H](C)N(C)C(=O)c1nc2ccccc2c(-c2ccccc2)c1CBr. The number of para-hydroxylation sites is 1. The fourth-order valence-electron chi connectivity index (χ4n) is 3.13. The summed E-state index contributed by atoms with van der Waals surface area (Å²) in [5.74, 6) is -0.0308. The quantitative estimate of drug-likeness (QED) is 0.507. The number of aromatic nitrogens is 1. The number of carbonyl (C=O) groups is 1. The molecule has 0 aliphatic rings. The summed E-state index contributed by atoms with van der Waals surface area (Å²) >= 11 is 3.60. The molecule has 0 N–H and O–H groups in total. The number of alkyl halides is 1. The minimum atomic E-state index is -0.0308. The van der Waals surface area contributed by atoms with E-state index in [1.807, 2.05) is 43.4 Å². The van der Waals surface area contributed by atoms with Gasteiger partial charge in [-0.25, -0.2) is 4.98 Å². The van der Waals surface area contributed by atoms with E-state index in [4.69, 9.17) is 4.98 Å². The van der Waals surface area contributed by atoms with E-state index in [1.165, 1.54) is 0 Å². The van der Waals surface area contributed by atoms with Gasteiger partial charge in [-0.2, -0.15) is 0 Å². The topological polar surface area (TPSA) is 33.2 Å². The standard InChI is InChI=1S/C22H23BrN2O/c1-4-15(2)25(3)22(26)21-18(14-23)20(16-10-6-5-7-11-16)17-12-8-9-13-19(17)24-21/h5-13,15H,4,14H2,1-3H3/t15-/m1/s1. The van der Waals surface area contributed by atoms with Crippen LogP contribution in [0, 0.1) is 0 Å². The van der Waals surface area contributed by atoms with Gasteiger partial charge >= 0.3 is 0 Å². The van der Waals surface area contributed by atoms with Crippen molar-refractivity contribution in [1.29, 1.82) is 0 Å². The highest BCUT2D eigenvalue weighted by Gasteiger charge is 2.24. The van der Waals surface area contributed by atoms with Crippen molar-refractivity contribution in [2.24, 2.45) is 0 Å². The van der Waals surface area contributed by atoms with Crippen LogP contribution in [0.4, 0.5) is 0 Å². The van der Waals surface area contributed by atoms with Gasteiger partial charge in [-0.1, -0.05) is 71.4 Å². The van der Waals surface area contributed by atoms with Crippen molar-refractivity contribution >= 4 is 32.7 Å². The molecule has 0 saturated carbocycles. The van der Waals surface area contributed by atoms with Gasteiger partial charge in [0.05, 0.1) is 5.52 Å². The summed E-state index contributed by atoms with van der Waals surface area (Å²) in [6, 6.07) is 18.4. The van der Waals surface area contributed by atoms with E-state index < -0.39 is 0 Å². The molecule has 0 aliphatic heterocycles. The van der Waals surface area contributed by atoms with Crippen molar-refractivity contribution in [3.63, 3.8) is 0 Å². The molecule has 0 fully saturated rings. The van der Waals surface area contributed by atoms with Gasteiger partial charge in [-0.3, -0.25) is 4.79 Å². The van der Waals surface area contributed by atoms with Gasteiger partial charge in [0.15, 0.2) is 0 Å². The van der Waals surface area contributed by atoms with Crippen molar-refractivity contribution in [1.82, 2.24) is 9.88 Å². The zero-order valence-corrected chi connectivity index (χ0v) is 17.0. The first-order chi connectivity index (χ1) is 12.6. The van der Waals surface area contributed by atoms with E-state index in [-0.39, 0.29) is 11.9 Å². The molecule has 3 nitrogen and oxygen atoms in total. The molecule has 1 amide bonds. The molecule has 1 heterocycles. The molecule has 26 heavy (non-hydrogen) atoms.